The fraction of sp³-hybridized carbons (Fsp3) is 0.909. The second-order valence-electron chi connectivity index (χ2n) is 4.84. The minimum atomic E-state index is -0.630. The molecule has 0 aromatic carbocycles. The van der Waals surface area contributed by atoms with E-state index in [-0.39, 0.29) is 24.0 Å². The van der Waals surface area contributed by atoms with Crippen LogP contribution in [0, 0.1) is 5.92 Å². The summed E-state index contributed by atoms with van der Waals surface area (Å²) < 4.78 is 0. The number of aliphatic hydroxyl groups is 1. The Labute approximate surface area is 125 Å². The van der Waals surface area contributed by atoms with Crippen LogP contribution in [-0.2, 0) is 0 Å². The number of hydrogen-bond donors (Lipinski definition) is 3. The van der Waals surface area contributed by atoms with Crippen molar-refractivity contribution in [1.29, 1.82) is 0 Å². The van der Waals surface area contributed by atoms with Crippen LogP contribution in [0.4, 0.5) is 0 Å². The zero-order valence-corrected chi connectivity index (χ0v) is 13.8. The molecule has 17 heavy (non-hydrogen) atoms. The zero-order valence-electron chi connectivity index (χ0n) is 10.6. The number of rotatable bonds is 5. The molecular formula is C11H24IN3OS. The number of thioether (sulfide) groups is 1. The van der Waals surface area contributed by atoms with E-state index in [0.29, 0.717) is 18.4 Å². The van der Waals surface area contributed by atoms with Gasteiger partial charge in [0.15, 0.2) is 5.96 Å². The number of nitrogens with two attached hydrogens (primary N) is 1. The first-order valence-electron chi connectivity index (χ1n) is 5.86. The van der Waals surface area contributed by atoms with E-state index in [4.69, 9.17) is 5.73 Å². The monoisotopic (exact) mass is 373 g/mol. The highest BCUT2D eigenvalue weighted by Gasteiger charge is 2.31. The minimum Gasteiger partial charge on any atom is -0.387 e. The van der Waals surface area contributed by atoms with Crippen LogP contribution >= 0.6 is 35.7 Å². The van der Waals surface area contributed by atoms with Gasteiger partial charge in [-0.25, -0.2) is 0 Å². The van der Waals surface area contributed by atoms with Gasteiger partial charge in [0.05, 0.1) is 12.1 Å². The van der Waals surface area contributed by atoms with Crippen LogP contribution in [0.15, 0.2) is 4.99 Å². The van der Waals surface area contributed by atoms with E-state index in [9.17, 15) is 5.11 Å². The molecule has 1 atom stereocenters. The number of aliphatic imine (C=N–C) groups is 1. The molecule has 0 aromatic rings. The topological polar surface area (TPSA) is 70.6 Å². The van der Waals surface area contributed by atoms with Crippen molar-refractivity contribution in [1.82, 2.24) is 5.32 Å². The maximum absolute atomic E-state index is 10.0. The summed E-state index contributed by atoms with van der Waals surface area (Å²) >= 11 is 1.77. The molecule has 1 saturated heterocycles. The average molecular weight is 373 g/mol. The number of hydrogen-bond acceptors (Lipinski definition) is 3. The molecule has 0 spiro atoms. The van der Waals surface area contributed by atoms with Gasteiger partial charge in [0.1, 0.15) is 0 Å². The summed E-state index contributed by atoms with van der Waals surface area (Å²) in [7, 11) is 0. The Balaban J connectivity index is 0.00000256. The fourth-order valence-corrected chi connectivity index (χ4v) is 2.78. The van der Waals surface area contributed by atoms with Gasteiger partial charge in [-0.3, -0.25) is 4.99 Å². The average Bonchev–Trinajstić information content (AvgIpc) is 2.62. The van der Waals surface area contributed by atoms with Gasteiger partial charge in [-0.2, -0.15) is 11.8 Å². The zero-order chi connectivity index (χ0) is 12.0. The lowest BCUT2D eigenvalue weighted by atomic mass is 10.1. The van der Waals surface area contributed by atoms with Crippen molar-refractivity contribution < 1.29 is 5.11 Å². The molecule has 1 heterocycles. The largest absolute Gasteiger partial charge is 0.387 e. The van der Waals surface area contributed by atoms with Crippen LogP contribution in [0.5, 0.6) is 0 Å². The fourth-order valence-electron chi connectivity index (χ4n) is 1.50. The van der Waals surface area contributed by atoms with Crippen molar-refractivity contribution in [3.8, 4) is 0 Å². The van der Waals surface area contributed by atoms with Crippen LogP contribution in [0.2, 0.25) is 0 Å². The third-order valence-electron chi connectivity index (χ3n) is 2.65. The van der Waals surface area contributed by atoms with Gasteiger partial charge < -0.3 is 16.2 Å². The lowest BCUT2D eigenvalue weighted by Gasteiger charge is -2.18. The Kier molecular flexibility index (Phi) is 8.57. The van der Waals surface area contributed by atoms with Crippen molar-refractivity contribution in [3.05, 3.63) is 0 Å². The van der Waals surface area contributed by atoms with E-state index in [1.165, 1.54) is 0 Å². The molecule has 1 unspecified atom stereocenters. The molecular weight excluding hydrogens is 349 g/mol. The van der Waals surface area contributed by atoms with Crippen LogP contribution in [0.3, 0.4) is 0 Å². The SMILES string of the molecule is CC(C)CCNC(N)=NCC1(O)CCSC1.I. The smallest absolute Gasteiger partial charge is 0.188 e. The quantitative estimate of drug-likeness (QED) is 0.387. The Morgan fingerprint density at radius 2 is 2.29 bits per heavy atom. The van der Waals surface area contributed by atoms with E-state index in [1.54, 1.807) is 11.8 Å². The minimum absolute atomic E-state index is 0. The second kappa shape index (κ2) is 8.42. The molecule has 0 bridgehead atoms. The van der Waals surface area contributed by atoms with Crippen molar-refractivity contribution >= 4 is 41.7 Å². The van der Waals surface area contributed by atoms with Gasteiger partial charge in [-0.15, -0.1) is 24.0 Å². The summed E-state index contributed by atoms with van der Waals surface area (Å²) in [4.78, 5) is 4.19. The molecule has 1 aliphatic rings. The molecule has 0 aliphatic carbocycles. The summed E-state index contributed by atoms with van der Waals surface area (Å²) in [5, 5.41) is 13.1. The van der Waals surface area contributed by atoms with Crippen molar-refractivity contribution in [2.24, 2.45) is 16.6 Å². The van der Waals surface area contributed by atoms with E-state index >= 15 is 0 Å². The van der Waals surface area contributed by atoms with Gasteiger partial charge in [-0.05, 0) is 24.5 Å². The molecule has 1 rings (SSSR count). The van der Waals surface area contributed by atoms with Gasteiger partial charge in [0.25, 0.3) is 0 Å². The van der Waals surface area contributed by atoms with E-state index in [1.807, 2.05) is 0 Å². The van der Waals surface area contributed by atoms with Crippen LogP contribution in [0.1, 0.15) is 26.7 Å². The molecule has 0 saturated carbocycles. The second-order valence-corrected chi connectivity index (χ2v) is 5.94. The van der Waals surface area contributed by atoms with E-state index in [0.717, 1.165) is 30.9 Å². The molecule has 0 amide bonds. The van der Waals surface area contributed by atoms with E-state index in [2.05, 4.69) is 24.2 Å². The highest BCUT2D eigenvalue weighted by molar-refractivity contribution is 14.0. The van der Waals surface area contributed by atoms with Crippen molar-refractivity contribution in [2.45, 2.75) is 32.3 Å². The Morgan fingerprint density at radius 3 is 2.82 bits per heavy atom. The molecule has 0 aromatic heterocycles. The number of nitrogens with one attached hydrogen (secondary N) is 1. The maximum atomic E-state index is 10.0. The summed E-state index contributed by atoms with van der Waals surface area (Å²) in [6, 6.07) is 0. The normalized spacial score (nSPS) is 24.8. The number of nitrogens with zero attached hydrogens (tertiary/aromatic N) is 1. The Hall–Kier alpha value is 0.310. The lowest BCUT2D eigenvalue weighted by molar-refractivity contribution is 0.0779. The van der Waals surface area contributed by atoms with Crippen LogP contribution in [0.25, 0.3) is 0 Å². The van der Waals surface area contributed by atoms with Gasteiger partial charge in [0, 0.05) is 12.3 Å². The van der Waals surface area contributed by atoms with Gasteiger partial charge in [-0.1, -0.05) is 13.8 Å². The molecule has 102 valence electrons. The van der Waals surface area contributed by atoms with Gasteiger partial charge in [0.2, 0.25) is 0 Å². The number of guanidine groups is 1. The highest BCUT2D eigenvalue weighted by atomic mass is 127. The predicted molar refractivity (Wildman–Crippen MR) is 86.3 cm³/mol. The molecule has 6 heteroatoms. The first-order valence-corrected chi connectivity index (χ1v) is 7.01. The van der Waals surface area contributed by atoms with Crippen molar-refractivity contribution in [2.75, 3.05) is 24.6 Å². The third-order valence-corrected chi connectivity index (χ3v) is 3.89. The van der Waals surface area contributed by atoms with Crippen LogP contribution in [-0.4, -0.2) is 41.3 Å². The maximum Gasteiger partial charge on any atom is 0.188 e. The molecule has 4 N–H and O–H groups in total. The summed E-state index contributed by atoms with van der Waals surface area (Å²) in [6.07, 6.45) is 1.90. The first kappa shape index (κ1) is 17.3. The summed E-state index contributed by atoms with van der Waals surface area (Å²) in [5.74, 6) is 2.91. The van der Waals surface area contributed by atoms with Gasteiger partial charge >= 0.3 is 0 Å². The van der Waals surface area contributed by atoms with Crippen LogP contribution < -0.4 is 11.1 Å². The summed E-state index contributed by atoms with van der Waals surface area (Å²) in [5.41, 5.74) is 5.09. The highest BCUT2D eigenvalue weighted by Crippen LogP contribution is 2.27. The Morgan fingerprint density at radius 1 is 1.59 bits per heavy atom. The molecule has 0 radical (unpaired) electrons. The molecule has 1 aliphatic heterocycles. The Bertz CT molecular complexity index is 243. The van der Waals surface area contributed by atoms with Crippen molar-refractivity contribution in [3.63, 3.8) is 0 Å². The number of halogens is 1. The molecule has 4 nitrogen and oxygen atoms in total. The lowest BCUT2D eigenvalue weighted by Crippen LogP contribution is -2.37. The first-order chi connectivity index (χ1) is 7.52. The summed E-state index contributed by atoms with van der Waals surface area (Å²) in [6.45, 7) is 5.61. The predicted octanol–water partition coefficient (Wildman–Crippen LogP) is 1.42. The molecule has 1 fully saturated rings. The standard InChI is InChI=1S/C11H23N3OS.HI/c1-9(2)3-5-13-10(12)14-7-11(15)4-6-16-8-11;/h9,15H,3-8H2,1-2H3,(H3,12,13,14);1H. The third kappa shape index (κ3) is 7.35. The van der Waals surface area contributed by atoms with E-state index < -0.39 is 5.60 Å².